The molecule has 3 nitrogen and oxygen atoms in total. The molecular weight excluding hydrogens is 847 g/mol. The number of anilines is 3. The molecule has 0 aliphatic carbocycles. The van der Waals surface area contributed by atoms with Crippen molar-refractivity contribution in [3.63, 3.8) is 0 Å². The Kier molecular flexibility index (Phi) is 11.4. The summed E-state index contributed by atoms with van der Waals surface area (Å²) in [5.41, 5.74) is 21.4. The molecule has 0 bridgehead atoms. The fourth-order valence-electron chi connectivity index (χ4n) is 10.2. The fourth-order valence-corrected chi connectivity index (χ4v) is 10.2. The number of nitrogens with zero attached hydrogens (tertiary/aromatic N) is 2. The molecule has 0 radical (unpaired) electrons. The predicted octanol–water partition coefficient (Wildman–Crippen LogP) is 19.2. The molecular formula is C67H69N3. The van der Waals surface area contributed by atoms with Crippen LogP contribution in [0, 0.1) is 6.92 Å². The topological polar surface area (TPSA) is 24.0 Å². The molecule has 0 fully saturated rings. The lowest BCUT2D eigenvalue weighted by molar-refractivity contribution is 0.589. The monoisotopic (exact) mass is 916 g/mol. The third-order valence-corrected chi connectivity index (χ3v) is 14.4. The van der Waals surface area contributed by atoms with Crippen LogP contribution in [0.3, 0.4) is 0 Å². The van der Waals surface area contributed by atoms with E-state index in [1.807, 2.05) is 0 Å². The van der Waals surface area contributed by atoms with Crippen LogP contribution in [-0.2, 0) is 21.7 Å². The Morgan fingerprint density at radius 2 is 0.943 bits per heavy atom. The van der Waals surface area contributed by atoms with E-state index in [9.17, 15) is 0 Å². The number of nitrogens with one attached hydrogen (secondary N) is 1. The van der Waals surface area contributed by atoms with Crippen LogP contribution >= 0.6 is 0 Å². The van der Waals surface area contributed by atoms with Crippen molar-refractivity contribution in [2.45, 2.75) is 112 Å². The number of aromatic nitrogens is 2. The van der Waals surface area contributed by atoms with E-state index in [0.717, 1.165) is 34.0 Å². The highest BCUT2D eigenvalue weighted by molar-refractivity contribution is 6.12. The second-order valence-electron chi connectivity index (χ2n) is 23.8. The minimum absolute atomic E-state index is 0.0138. The van der Waals surface area contributed by atoms with Crippen molar-refractivity contribution in [2.75, 3.05) is 4.90 Å². The van der Waals surface area contributed by atoms with Gasteiger partial charge in [-0.3, -0.25) is 0 Å². The average molecular weight is 916 g/mol. The highest BCUT2D eigenvalue weighted by Crippen LogP contribution is 2.47. The predicted molar refractivity (Wildman–Crippen MR) is 303 cm³/mol. The third kappa shape index (κ3) is 8.65. The van der Waals surface area contributed by atoms with Gasteiger partial charge in [0.15, 0.2) is 0 Å². The van der Waals surface area contributed by atoms with Gasteiger partial charge < -0.3 is 14.5 Å². The van der Waals surface area contributed by atoms with Crippen LogP contribution in [0.4, 0.5) is 17.1 Å². The fraction of sp³-hybridized carbons (Fsp3) is 0.254. The molecule has 0 aliphatic rings. The second kappa shape index (κ2) is 17.1. The maximum absolute atomic E-state index is 4.07. The van der Waals surface area contributed by atoms with E-state index >= 15 is 0 Å². The van der Waals surface area contributed by atoms with Crippen molar-refractivity contribution in [2.24, 2.45) is 0 Å². The Hall–Kier alpha value is -7.10. The Labute approximate surface area is 416 Å². The van der Waals surface area contributed by atoms with Gasteiger partial charge in [-0.25, -0.2) is 0 Å². The van der Waals surface area contributed by atoms with Gasteiger partial charge in [-0.1, -0.05) is 192 Å². The first-order valence-electron chi connectivity index (χ1n) is 25.2. The summed E-state index contributed by atoms with van der Waals surface area (Å²) in [4.78, 5) is 6.56. The van der Waals surface area contributed by atoms with Gasteiger partial charge in [0.05, 0.1) is 22.2 Å². The smallest absolute Gasteiger partial charge is 0.0561 e. The third-order valence-electron chi connectivity index (χ3n) is 14.4. The van der Waals surface area contributed by atoms with Crippen LogP contribution in [0.2, 0.25) is 0 Å². The summed E-state index contributed by atoms with van der Waals surface area (Å²) in [6, 6.07) is 66.4. The molecule has 0 saturated carbocycles. The summed E-state index contributed by atoms with van der Waals surface area (Å²) in [5.74, 6) is 0. The molecule has 0 spiro atoms. The lowest BCUT2D eigenvalue weighted by Crippen LogP contribution is -2.16. The number of H-pyrrole nitrogens is 1. The van der Waals surface area contributed by atoms with Crippen molar-refractivity contribution in [3.05, 3.63) is 204 Å². The van der Waals surface area contributed by atoms with Crippen LogP contribution in [0.5, 0.6) is 0 Å². The summed E-state index contributed by atoms with van der Waals surface area (Å²) in [6.07, 6.45) is 0. The summed E-state index contributed by atoms with van der Waals surface area (Å²) >= 11 is 0. The van der Waals surface area contributed by atoms with E-state index in [4.69, 9.17) is 0 Å². The summed E-state index contributed by atoms with van der Waals surface area (Å²) in [7, 11) is 0. The zero-order valence-corrected chi connectivity index (χ0v) is 43.6. The molecule has 0 atom stereocenters. The molecule has 0 saturated heterocycles. The van der Waals surface area contributed by atoms with Crippen molar-refractivity contribution in [1.29, 1.82) is 0 Å². The molecule has 2 aromatic heterocycles. The van der Waals surface area contributed by atoms with E-state index in [-0.39, 0.29) is 21.7 Å². The number of benzene rings is 8. The van der Waals surface area contributed by atoms with Crippen LogP contribution < -0.4 is 4.90 Å². The molecule has 0 amide bonds. The number of aryl methyl sites for hydroxylation is 1. The minimum atomic E-state index is -0.152. The lowest BCUT2D eigenvalue weighted by Gasteiger charge is -2.30. The lowest BCUT2D eigenvalue weighted by atomic mass is 9.81. The maximum atomic E-state index is 4.07. The molecule has 70 heavy (non-hydrogen) atoms. The SMILES string of the molecule is Cc1ccc2c(c1)c1ccc(N(c3ccc(C(C)(C)C)cc3)c3cc(-c4cc(C(C)(C)C)cc5c(-c6ccccc6)c(-c6ccccc6)[nH]c45)cc(C(C)(C)C)c3)cc1n2-c1ccc(C(C)(C)C)cc1. The Morgan fingerprint density at radius 1 is 0.386 bits per heavy atom. The van der Waals surface area contributed by atoms with E-state index in [1.54, 1.807) is 0 Å². The average Bonchev–Trinajstić information content (AvgIpc) is 3.86. The summed E-state index contributed by atoms with van der Waals surface area (Å²) < 4.78 is 2.46. The molecule has 0 aliphatic heterocycles. The molecule has 0 unspecified atom stereocenters. The first-order chi connectivity index (χ1) is 33.1. The molecule has 1 N–H and O–H groups in total. The minimum Gasteiger partial charge on any atom is -0.353 e. The normalized spacial score (nSPS) is 12.6. The standard InChI is InChI=1S/C67H69N3/c1-43-24-35-59-57(36-43)55-34-33-53(42-60(55)70(59)52-31-27-48(28-32-52)65(5,6)7)69(51-29-25-47(26-30-51)64(2,3)4)54-38-46(37-49(39-54)66(8,9)10)56-40-50(67(11,12)13)41-58-61(44-20-16-14-17-21-44)62(68-63(56)58)45-22-18-15-19-23-45/h14-42,68H,1-13H3. The van der Waals surface area contributed by atoms with Crippen LogP contribution in [0.25, 0.3) is 71.9 Å². The maximum Gasteiger partial charge on any atom is 0.0561 e. The molecule has 2 heterocycles. The van der Waals surface area contributed by atoms with Gasteiger partial charge in [-0.2, -0.15) is 0 Å². The first kappa shape index (κ1) is 46.6. The van der Waals surface area contributed by atoms with Crippen LogP contribution in [-0.4, -0.2) is 9.55 Å². The van der Waals surface area contributed by atoms with Crippen molar-refractivity contribution in [3.8, 4) is 39.2 Å². The molecule has 3 heteroatoms. The Morgan fingerprint density at radius 3 is 1.54 bits per heavy atom. The quantitative estimate of drug-likeness (QED) is 0.169. The largest absolute Gasteiger partial charge is 0.353 e. The molecule has 10 aromatic rings. The van der Waals surface area contributed by atoms with Gasteiger partial charge >= 0.3 is 0 Å². The van der Waals surface area contributed by atoms with Crippen LogP contribution in [0.15, 0.2) is 176 Å². The highest BCUT2D eigenvalue weighted by Gasteiger charge is 2.27. The number of aromatic amines is 1. The zero-order chi connectivity index (χ0) is 49.5. The van der Waals surface area contributed by atoms with Crippen molar-refractivity contribution in [1.82, 2.24) is 9.55 Å². The van der Waals surface area contributed by atoms with Gasteiger partial charge in [-0.05, 0) is 140 Å². The molecule has 352 valence electrons. The van der Waals surface area contributed by atoms with Gasteiger partial charge in [0.2, 0.25) is 0 Å². The number of hydrogen-bond donors (Lipinski definition) is 1. The Bertz CT molecular complexity index is 3540. The van der Waals surface area contributed by atoms with Gasteiger partial charge in [-0.15, -0.1) is 0 Å². The van der Waals surface area contributed by atoms with Crippen molar-refractivity contribution >= 4 is 49.8 Å². The first-order valence-corrected chi connectivity index (χ1v) is 25.2. The Balaban J connectivity index is 1.26. The molecule has 8 aromatic carbocycles. The van der Waals surface area contributed by atoms with Crippen molar-refractivity contribution < 1.29 is 0 Å². The van der Waals surface area contributed by atoms with Gasteiger partial charge in [0.25, 0.3) is 0 Å². The number of rotatable bonds is 7. The van der Waals surface area contributed by atoms with E-state index < -0.39 is 0 Å². The van der Waals surface area contributed by atoms with Crippen LogP contribution in [0.1, 0.15) is 111 Å². The summed E-state index contributed by atoms with van der Waals surface area (Å²) in [6.45, 7) is 29.9. The van der Waals surface area contributed by atoms with E-state index in [1.165, 1.54) is 82.8 Å². The summed E-state index contributed by atoms with van der Waals surface area (Å²) in [5, 5.41) is 3.73. The number of hydrogen-bond acceptors (Lipinski definition) is 1. The van der Waals surface area contributed by atoms with Gasteiger partial charge in [0.1, 0.15) is 0 Å². The highest BCUT2D eigenvalue weighted by atomic mass is 15.1. The van der Waals surface area contributed by atoms with E-state index in [0.29, 0.717) is 0 Å². The second-order valence-corrected chi connectivity index (χ2v) is 23.8. The van der Waals surface area contributed by atoms with E-state index in [2.05, 4.69) is 280 Å². The van der Waals surface area contributed by atoms with Gasteiger partial charge in [0, 0.05) is 50.0 Å². The number of fused-ring (bicyclic) bond motifs is 4. The zero-order valence-electron chi connectivity index (χ0n) is 43.6. The molecule has 10 rings (SSSR count).